The van der Waals surface area contributed by atoms with Gasteiger partial charge in [0.2, 0.25) is 6.41 Å². The monoisotopic (exact) mass is 331 g/mol. The number of rotatable bonds is 6. The van der Waals surface area contributed by atoms with Gasteiger partial charge in [0.15, 0.2) is 0 Å². The van der Waals surface area contributed by atoms with E-state index in [0.717, 1.165) is 37.0 Å². The normalized spacial score (nSPS) is 31.4. The van der Waals surface area contributed by atoms with Gasteiger partial charge in [0.05, 0.1) is 30.8 Å². The van der Waals surface area contributed by atoms with Crippen molar-refractivity contribution in [3.63, 3.8) is 0 Å². The van der Waals surface area contributed by atoms with Crippen molar-refractivity contribution in [2.24, 2.45) is 0 Å². The van der Waals surface area contributed by atoms with Crippen molar-refractivity contribution in [2.45, 2.75) is 55.8 Å². The van der Waals surface area contributed by atoms with Crippen molar-refractivity contribution in [2.75, 3.05) is 6.61 Å². The Morgan fingerprint density at radius 3 is 2.83 bits per heavy atom. The van der Waals surface area contributed by atoms with E-state index in [4.69, 9.17) is 9.47 Å². The summed E-state index contributed by atoms with van der Waals surface area (Å²) in [6, 6.07) is 7.72. The summed E-state index contributed by atoms with van der Waals surface area (Å²) in [7, 11) is -1.58. The topological polar surface area (TPSA) is 79.2 Å². The van der Waals surface area contributed by atoms with Crippen molar-refractivity contribution in [1.82, 2.24) is 4.90 Å². The molecule has 1 amide bonds. The maximum Gasteiger partial charge on any atom is 0.475 e. The number of hydrogen-bond donors (Lipinski definition) is 2. The molecule has 1 aromatic rings. The van der Waals surface area contributed by atoms with Gasteiger partial charge < -0.3 is 24.4 Å². The van der Waals surface area contributed by atoms with Gasteiger partial charge in [-0.3, -0.25) is 4.79 Å². The Morgan fingerprint density at radius 1 is 1.33 bits per heavy atom. The summed E-state index contributed by atoms with van der Waals surface area (Å²) >= 11 is 0. The first-order valence-corrected chi connectivity index (χ1v) is 8.63. The van der Waals surface area contributed by atoms with Crippen LogP contribution in [0.4, 0.5) is 0 Å². The highest BCUT2D eigenvalue weighted by Gasteiger charge is 2.47. The number of carbonyl (C=O) groups excluding carboxylic acids is 1. The molecule has 2 N–H and O–H groups in total. The van der Waals surface area contributed by atoms with Gasteiger partial charge in [0, 0.05) is 11.5 Å². The van der Waals surface area contributed by atoms with Crippen molar-refractivity contribution in [3.05, 3.63) is 29.8 Å². The number of nitrogens with zero attached hydrogens (tertiary/aromatic N) is 1. The van der Waals surface area contributed by atoms with Crippen LogP contribution < -0.4 is 4.74 Å². The van der Waals surface area contributed by atoms with Crippen LogP contribution in [-0.4, -0.2) is 59.3 Å². The Labute approximate surface area is 141 Å². The van der Waals surface area contributed by atoms with Gasteiger partial charge >= 0.3 is 7.12 Å². The number of ether oxygens (including phenoxy) is 2. The minimum absolute atomic E-state index is 0.0218. The fourth-order valence-corrected chi connectivity index (χ4v) is 4.44. The number of amides is 1. The van der Waals surface area contributed by atoms with Crippen molar-refractivity contribution in [1.29, 1.82) is 0 Å². The molecule has 0 aliphatic carbocycles. The van der Waals surface area contributed by atoms with Gasteiger partial charge in [0.1, 0.15) is 5.75 Å². The van der Waals surface area contributed by atoms with Crippen LogP contribution >= 0.6 is 0 Å². The molecule has 2 fully saturated rings. The SMILES string of the molecule is O=CN([C@H](C[C@@H]1COc2ccccc21)B(O)O)[C@H]1C[C@@H]2CC[C@H]1O2. The molecule has 3 aliphatic heterocycles. The van der Waals surface area contributed by atoms with Crippen LogP contribution in [0.25, 0.3) is 0 Å². The Morgan fingerprint density at radius 2 is 2.17 bits per heavy atom. The highest BCUT2D eigenvalue weighted by atomic mass is 16.5. The minimum atomic E-state index is -1.58. The molecule has 2 saturated heterocycles. The largest absolute Gasteiger partial charge is 0.493 e. The lowest BCUT2D eigenvalue weighted by Gasteiger charge is -2.36. The number of hydrogen-bond acceptors (Lipinski definition) is 5. The lowest BCUT2D eigenvalue weighted by molar-refractivity contribution is -0.123. The Bertz CT molecular complexity index is 612. The summed E-state index contributed by atoms with van der Waals surface area (Å²) in [5.41, 5.74) is 1.07. The molecule has 24 heavy (non-hydrogen) atoms. The average Bonchev–Trinajstić information content (AvgIpc) is 3.30. The van der Waals surface area contributed by atoms with Gasteiger partial charge in [-0.2, -0.15) is 0 Å². The van der Waals surface area contributed by atoms with Crippen LogP contribution in [0.3, 0.4) is 0 Å². The highest BCUT2D eigenvalue weighted by molar-refractivity contribution is 6.43. The van der Waals surface area contributed by atoms with E-state index in [-0.39, 0.29) is 24.2 Å². The summed E-state index contributed by atoms with van der Waals surface area (Å²) in [5.74, 6) is 0.236. The summed E-state index contributed by atoms with van der Waals surface area (Å²) in [5, 5.41) is 19.9. The predicted octanol–water partition coefficient (Wildman–Crippen LogP) is 0.712. The van der Waals surface area contributed by atoms with E-state index in [2.05, 4.69) is 0 Å². The molecule has 6 nitrogen and oxygen atoms in total. The highest BCUT2D eigenvalue weighted by Crippen LogP contribution is 2.40. The van der Waals surface area contributed by atoms with Gasteiger partial charge in [-0.25, -0.2) is 0 Å². The lowest BCUT2D eigenvalue weighted by atomic mass is 9.71. The van der Waals surface area contributed by atoms with Gasteiger partial charge in [-0.05, 0) is 31.7 Å². The zero-order valence-corrected chi connectivity index (χ0v) is 13.5. The van der Waals surface area contributed by atoms with Crippen molar-refractivity contribution in [3.8, 4) is 5.75 Å². The Balaban J connectivity index is 1.53. The Hall–Kier alpha value is -1.57. The second-order valence-corrected chi connectivity index (χ2v) is 6.99. The number of fused-ring (bicyclic) bond motifs is 3. The molecule has 0 radical (unpaired) electrons. The van der Waals surface area contributed by atoms with E-state index >= 15 is 0 Å². The molecule has 0 saturated carbocycles. The van der Waals surface area contributed by atoms with E-state index < -0.39 is 13.1 Å². The molecule has 3 heterocycles. The smallest absolute Gasteiger partial charge is 0.475 e. The molecule has 128 valence electrons. The summed E-state index contributed by atoms with van der Waals surface area (Å²) in [6.07, 6.45) is 4.18. The van der Waals surface area contributed by atoms with Gasteiger partial charge in [-0.15, -0.1) is 0 Å². The molecule has 2 bridgehead atoms. The molecular formula is C17H22BNO5. The zero-order valence-electron chi connectivity index (χ0n) is 13.5. The van der Waals surface area contributed by atoms with E-state index in [1.165, 1.54) is 0 Å². The first kappa shape index (κ1) is 15.9. The average molecular weight is 331 g/mol. The number of benzene rings is 1. The quantitative estimate of drug-likeness (QED) is 0.593. The first-order chi connectivity index (χ1) is 11.7. The van der Waals surface area contributed by atoms with Gasteiger partial charge in [-0.1, -0.05) is 18.2 Å². The summed E-state index contributed by atoms with van der Waals surface area (Å²) in [6.45, 7) is 0.502. The third kappa shape index (κ3) is 2.70. The van der Waals surface area contributed by atoms with E-state index in [1.54, 1.807) is 4.90 Å². The molecule has 0 unspecified atom stereocenters. The fraction of sp³-hybridized carbons (Fsp3) is 0.588. The van der Waals surface area contributed by atoms with E-state index in [0.29, 0.717) is 13.0 Å². The molecule has 4 rings (SSSR count). The second kappa shape index (κ2) is 6.39. The van der Waals surface area contributed by atoms with Crippen LogP contribution in [0, 0.1) is 0 Å². The fourth-order valence-electron chi connectivity index (χ4n) is 4.44. The molecule has 3 aliphatic rings. The van der Waals surface area contributed by atoms with E-state index in [1.807, 2.05) is 24.3 Å². The Kier molecular flexibility index (Phi) is 4.24. The van der Waals surface area contributed by atoms with Crippen LogP contribution in [0.2, 0.25) is 0 Å². The zero-order chi connectivity index (χ0) is 16.7. The molecule has 7 heteroatoms. The number of carbonyl (C=O) groups is 1. The van der Waals surface area contributed by atoms with Crippen LogP contribution in [0.5, 0.6) is 5.75 Å². The van der Waals surface area contributed by atoms with Gasteiger partial charge in [0.25, 0.3) is 0 Å². The standard InChI is InChI=1S/C17H22BNO5/c20-10-19(14-8-12-5-6-16(14)24-12)17(18(21)22)7-11-9-23-15-4-2-1-3-13(11)15/h1-4,10-12,14,16-17,21-22H,5-9H2/t11-,12+,14+,16-,17-/m1/s1. The molecular weight excluding hydrogens is 309 g/mol. The number of para-hydroxylation sites is 1. The maximum atomic E-state index is 11.8. The third-order valence-corrected chi connectivity index (χ3v) is 5.63. The predicted molar refractivity (Wildman–Crippen MR) is 87.5 cm³/mol. The summed E-state index contributed by atoms with van der Waals surface area (Å²) < 4.78 is 11.5. The third-order valence-electron chi connectivity index (χ3n) is 5.63. The first-order valence-electron chi connectivity index (χ1n) is 8.63. The van der Waals surface area contributed by atoms with Crippen LogP contribution in [0.1, 0.15) is 37.2 Å². The van der Waals surface area contributed by atoms with Crippen molar-refractivity contribution >= 4 is 13.5 Å². The maximum absolute atomic E-state index is 11.8. The minimum Gasteiger partial charge on any atom is -0.493 e. The lowest BCUT2D eigenvalue weighted by Crippen LogP contribution is -2.54. The second-order valence-electron chi connectivity index (χ2n) is 6.99. The molecule has 0 aromatic heterocycles. The molecule has 0 spiro atoms. The van der Waals surface area contributed by atoms with Crippen molar-refractivity contribution < 1.29 is 24.3 Å². The summed E-state index contributed by atoms with van der Waals surface area (Å²) in [4.78, 5) is 13.3. The molecule has 1 aromatic carbocycles. The molecule has 5 atom stereocenters. The van der Waals surface area contributed by atoms with Crippen LogP contribution in [0.15, 0.2) is 24.3 Å². The van der Waals surface area contributed by atoms with E-state index in [9.17, 15) is 14.8 Å². The van der Waals surface area contributed by atoms with Crippen LogP contribution in [-0.2, 0) is 9.53 Å².